The van der Waals surface area contributed by atoms with Crippen LogP contribution in [0.2, 0.25) is 0 Å². The number of aromatic nitrogens is 2. The molecule has 2 aliphatic rings. The highest BCUT2D eigenvalue weighted by atomic mass is 32.1. The Labute approximate surface area is 217 Å². The zero-order valence-electron chi connectivity index (χ0n) is 21.3. The van der Waals surface area contributed by atoms with Crippen LogP contribution in [0.1, 0.15) is 79.2 Å². The molecule has 2 aromatic heterocycles. The molecule has 2 aromatic rings. The van der Waals surface area contributed by atoms with E-state index in [9.17, 15) is 27.9 Å². The van der Waals surface area contributed by atoms with E-state index in [1.54, 1.807) is 4.90 Å². The standard InChI is InChI=1S/C25H32F3N5O3S/c1-13-6-5-9-33(13)23(35)19-20(37-22(32-19)21(34)30-12-24(3,4)36)16-11-29-18(10-17(16)25(26,27)28)31-14(2)15-7-8-15/h10-11,13-15,36H,5-9,12H2,1-4H3,(H,29,31)(H,30,34)/t13?,14-/m0/s1. The summed E-state index contributed by atoms with van der Waals surface area (Å²) in [5, 5.41) is 15.4. The van der Waals surface area contributed by atoms with Crippen LogP contribution in [0.5, 0.6) is 0 Å². The van der Waals surface area contributed by atoms with Crippen LogP contribution in [0, 0.1) is 5.92 Å². The number of hydrogen-bond donors (Lipinski definition) is 3. The van der Waals surface area contributed by atoms with E-state index in [2.05, 4.69) is 20.6 Å². The van der Waals surface area contributed by atoms with Gasteiger partial charge in [0.05, 0.1) is 16.0 Å². The van der Waals surface area contributed by atoms with Gasteiger partial charge in [0.1, 0.15) is 11.5 Å². The summed E-state index contributed by atoms with van der Waals surface area (Å²) in [6.07, 6.45) is -0.0256. The average Bonchev–Trinajstić information content (AvgIpc) is 3.43. The maximum absolute atomic E-state index is 14.3. The van der Waals surface area contributed by atoms with Gasteiger partial charge in [-0.3, -0.25) is 9.59 Å². The first-order valence-electron chi connectivity index (χ1n) is 12.4. The third-order valence-corrected chi connectivity index (χ3v) is 7.77. The SMILES string of the molecule is CC1CCCN1C(=O)c1nc(C(=O)NCC(C)(C)O)sc1-c1cnc(N[C@@H](C)C2CC2)cc1C(F)(F)F. The van der Waals surface area contributed by atoms with Crippen LogP contribution in [-0.4, -0.2) is 62.6 Å². The minimum Gasteiger partial charge on any atom is -0.389 e. The van der Waals surface area contributed by atoms with Crippen LogP contribution in [0.15, 0.2) is 12.3 Å². The Bertz CT molecular complexity index is 1170. The molecule has 8 nitrogen and oxygen atoms in total. The highest BCUT2D eigenvalue weighted by Crippen LogP contribution is 2.42. The molecule has 3 heterocycles. The fourth-order valence-electron chi connectivity index (χ4n) is 4.39. The average molecular weight is 540 g/mol. The molecule has 2 fully saturated rings. The van der Waals surface area contributed by atoms with Gasteiger partial charge in [0.25, 0.3) is 11.8 Å². The Kier molecular flexibility index (Phi) is 7.53. The van der Waals surface area contributed by atoms with Crippen molar-refractivity contribution in [1.29, 1.82) is 0 Å². The van der Waals surface area contributed by atoms with Crippen LogP contribution in [0.4, 0.5) is 19.0 Å². The maximum Gasteiger partial charge on any atom is 0.417 e. The Morgan fingerprint density at radius 2 is 1.97 bits per heavy atom. The summed E-state index contributed by atoms with van der Waals surface area (Å²) in [5.41, 5.74) is -2.66. The molecule has 4 rings (SSSR count). The molecule has 1 aliphatic heterocycles. The lowest BCUT2D eigenvalue weighted by atomic mass is 10.1. The van der Waals surface area contributed by atoms with Crippen molar-refractivity contribution in [2.75, 3.05) is 18.4 Å². The molecule has 1 saturated heterocycles. The fourth-order valence-corrected chi connectivity index (χ4v) is 5.38. The van der Waals surface area contributed by atoms with Crippen LogP contribution >= 0.6 is 11.3 Å². The smallest absolute Gasteiger partial charge is 0.389 e. The number of likely N-dealkylation sites (tertiary alicyclic amines) is 1. The fraction of sp³-hybridized carbons (Fsp3) is 0.600. The first-order valence-corrected chi connectivity index (χ1v) is 13.2. The second-order valence-electron chi connectivity index (χ2n) is 10.6. The Morgan fingerprint density at radius 3 is 2.54 bits per heavy atom. The van der Waals surface area contributed by atoms with E-state index in [-0.39, 0.29) is 45.6 Å². The molecule has 12 heteroatoms. The number of hydrogen-bond acceptors (Lipinski definition) is 7. The lowest BCUT2D eigenvalue weighted by molar-refractivity contribution is -0.137. The van der Waals surface area contributed by atoms with Gasteiger partial charge in [-0.25, -0.2) is 9.97 Å². The Morgan fingerprint density at radius 1 is 1.27 bits per heavy atom. The van der Waals surface area contributed by atoms with Gasteiger partial charge in [0, 0.05) is 36.9 Å². The van der Waals surface area contributed by atoms with E-state index in [0.29, 0.717) is 23.8 Å². The molecule has 1 unspecified atom stereocenters. The zero-order valence-corrected chi connectivity index (χ0v) is 22.1. The number of aliphatic hydroxyl groups is 1. The van der Waals surface area contributed by atoms with Crippen molar-refractivity contribution in [3.63, 3.8) is 0 Å². The number of nitrogens with one attached hydrogen (secondary N) is 2. The summed E-state index contributed by atoms with van der Waals surface area (Å²) < 4.78 is 42.8. The van der Waals surface area contributed by atoms with E-state index in [1.807, 2.05) is 13.8 Å². The number of alkyl halides is 3. The molecular weight excluding hydrogens is 507 g/mol. The van der Waals surface area contributed by atoms with E-state index in [0.717, 1.165) is 37.9 Å². The predicted molar refractivity (Wildman–Crippen MR) is 135 cm³/mol. The Balaban J connectivity index is 1.76. The minimum atomic E-state index is -4.73. The van der Waals surface area contributed by atoms with Gasteiger partial charge in [0.2, 0.25) is 0 Å². The van der Waals surface area contributed by atoms with E-state index >= 15 is 0 Å². The van der Waals surface area contributed by atoms with Crippen molar-refractivity contribution in [2.24, 2.45) is 5.92 Å². The monoisotopic (exact) mass is 539 g/mol. The lowest BCUT2D eigenvalue weighted by Gasteiger charge is -2.21. The van der Waals surface area contributed by atoms with Crippen molar-refractivity contribution >= 4 is 29.0 Å². The summed E-state index contributed by atoms with van der Waals surface area (Å²) in [6, 6.07) is 0.849. The number of halogens is 3. The first kappa shape index (κ1) is 27.3. The number of carbonyl (C=O) groups excluding carboxylic acids is 2. The van der Waals surface area contributed by atoms with E-state index in [4.69, 9.17) is 0 Å². The molecule has 202 valence electrons. The van der Waals surface area contributed by atoms with Crippen LogP contribution in [0.25, 0.3) is 10.4 Å². The van der Waals surface area contributed by atoms with Gasteiger partial charge < -0.3 is 20.6 Å². The highest BCUT2D eigenvalue weighted by molar-refractivity contribution is 7.17. The summed E-state index contributed by atoms with van der Waals surface area (Å²) in [7, 11) is 0. The third-order valence-electron chi connectivity index (χ3n) is 6.68. The molecule has 2 atom stereocenters. The quantitative estimate of drug-likeness (QED) is 0.454. The Hall–Kier alpha value is -2.73. The van der Waals surface area contributed by atoms with E-state index < -0.39 is 29.2 Å². The topological polar surface area (TPSA) is 107 Å². The summed E-state index contributed by atoms with van der Waals surface area (Å²) in [5.74, 6) is -0.687. The third kappa shape index (κ3) is 6.40. The molecular formula is C25H32F3N5O3S. The van der Waals surface area contributed by atoms with Crippen molar-refractivity contribution in [1.82, 2.24) is 20.2 Å². The van der Waals surface area contributed by atoms with Crippen LogP contribution in [-0.2, 0) is 6.18 Å². The summed E-state index contributed by atoms with van der Waals surface area (Å²) >= 11 is 0.712. The number of nitrogens with zero attached hydrogens (tertiary/aromatic N) is 3. The summed E-state index contributed by atoms with van der Waals surface area (Å²) in [6.45, 7) is 7.16. The number of carbonyl (C=O) groups is 2. The zero-order chi connectivity index (χ0) is 27.1. The van der Waals surface area contributed by atoms with Crippen molar-refractivity contribution in [3.05, 3.63) is 28.5 Å². The first-order chi connectivity index (χ1) is 17.2. The molecule has 2 amide bonds. The van der Waals surface area contributed by atoms with Crippen molar-refractivity contribution in [3.8, 4) is 10.4 Å². The van der Waals surface area contributed by atoms with Gasteiger partial charge in [-0.1, -0.05) is 0 Å². The maximum atomic E-state index is 14.3. The van der Waals surface area contributed by atoms with Gasteiger partial charge in [0.15, 0.2) is 5.01 Å². The minimum absolute atomic E-state index is 0.0114. The molecule has 3 N–H and O–H groups in total. The number of rotatable bonds is 8. The number of amides is 2. The van der Waals surface area contributed by atoms with Gasteiger partial charge in [-0.15, -0.1) is 11.3 Å². The lowest BCUT2D eigenvalue weighted by Crippen LogP contribution is -2.38. The van der Waals surface area contributed by atoms with Crippen LogP contribution < -0.4 is 10.6 Å². The molecule has 37 heavy (non-hydrogen) atoms. The molecule has 1 aliphatic carbocycles. The normalized spacial score (nSPS) is 19.1. The van der Waals surface area contributed by atoms with Crippen LogP contribution in [0.3, 0.4) is 0 Å². The van der Waals surface area contributed by atoms with Crippen molar-refractivity contribution < 1.29 is 27.9 Å². The summed E-state index contributed by atoms with van der Waals surface area (Å²) in [4.78, 5) is 36.2. The molecule has 1 saturated carbocycles. The predicted octanol–water partition coefficient (Wildman–Crippen LogP) is 4.56. The molecule has 0 aromatic carbocycles. The van der Waals surface area contributed by atoms with E-state index in [1.165, 1.54) is 13.8 Å². The van der Waals surface area contributed by atoms with Crippen molar-refractivity contribution in [2.45, 2.75) is 77.2 Å². The number of pyridine rings is 1. The number of anilines is 1. The largest absolute Gasteiger partial charge is 0.417 e. The van der Waals surface area contributed by atoms with Gasteiger partial charge in [-0.2, -0.15) is 13.2 Å². The molecule has 0 radical (unpaired) electrons. The molecule has 0 spiro atoms. The number of thiazole rings is 1. The highest BCUT2D eigenvalue weighted by Gasteiger charge is 2.39. The second-order valence-corrected chi connectivity index (χ2v) is 11.6. The van der Waals surface area contributed by atoms with Gasteiger partial charge in [-0.05, 0) is 65.4 Å². The van der Waals surface area contributed by atoms with Gasteiger partial charge >= 0.3 is 6.18 Å². The molecule has 0 bridgehead atoms. The second kappa shape index (κ2) is 10.2.